The van der Waals surface area contributed by atoms with Crippen LogP contribution in [-0.4, -0.2) is 32.8 Å². The van der Waals surface area contributed by atoms with Gasteiger partial charge in [0.15, 0.2) is 22.1 Å². The summed E-state index contributed by atoms with van der Waals surface area (Å²) in [4.78, 5) is 18.0. The van der Waals surface area contributed by atoms with Crippen molar-refractivity contribution in [3.8, 4) is 22.2 Å². The van der Waals surface area contributed by atoms with Crippen molar-refractivity contribution in [2.24, 2.45) is 0 Å². The van der Waals surface area contributed by atoms with E-state index in [1.165, 1.54) is 11.3 Å². The highest BCUT2D eigenvalue weighted by Crippen LogP contribution is 2.32. The minimum atomic E-state index is -0.583. The maximum Gasteiger partial charge on any atom is 0.247 e. The number of nitrogens with one attached hydrogen (secondary N) is 2. The van der Waals surface area contributed by atoms with Crippen LogP contribution in [0.5, 0.6) is 11.5 Å². The van der Waals surface area contributed by atoms with Crippen LogP contribution in [0.15, 0.2) is 60.2 Å². The number of nitrogens with zero attached hydrogens (tertiary/aromatic N) is 3. The summed E-state index contributed by atoms with van der Waals surface area (Å²) < 4.78 is 13.4. The van der Waals surface area contributed by atoms with Gasteiger partial charge >= 0.3 is 0 Å². The van der Waals surface area contributed by atoms with Crippen molar-refractivity contribution in [1.29, 1.82) is 0 Å². The number of hydrogen-bond acceptors (Lipinski definition) is 7. The molecule has 4 rings (SSSR count). The fourth-order valence-corrected chi connectivity index (χ4v) is 4.12. The molecule has 0 fully saturated rings. The van der Waals surface area contributed by atoms with Gasteiger partial charge < -0.3 is 14.8 Å². The molecule has 1 atom stereocenters. The molecule has 0 spiro atoms. The molecule has 1 amide bonds. The summed E-state index contributed by atoms with van der Waals surface area (Å²) in [5.41, 5.74) is 1.50. The van der Waals surface area contributed by atoms with Crippen LogP contribution in [0.25, 0.3) is 10.7 Å². The third-order valence-corrected chi connectivity index (χ3v) is 5.91. The van der Waals surface area contributed by atoms with E-state index >= 15 is 0 Å². The van der Waals surface area contributed by atoms with Crippen molar-refractivity contribution in [2.45, 2.75) is 19.6 Å². The molecule has 10 heteroatoms. The van der Waals surface area contributed by atoms with E-state index in [-0.39, 0.29) is 5.91 Å². The Morgan fingerprint density at radius 2 is 2.16 bits per heavy atom. The van der Waals surface area contributed by atoms with E-state index < -0.39 is 6.04 Å². The van der Waals surface area contributed by atoms with Crippen molar-refractivity contribution in [2.75, 3.05) is 12.4 Å². The topological polar surface area (TPSA) is 94.1 Å². The Labute approximate surface area is 193 Å². The number of ether oxygens (including phenoxy) is 2. The second-order valence-electron chi connectivity index (χ2n) is 6.88. The number of aromatic amines is 1. The zero-order chi connectivity index (χ0) is 22.5. The summed E-state index contributed by atoms with van der Waals surface area (Å²) in [6.07, 6.45) is 3.44. The van der Waals surface area contributed by atoms with Gasteiger partial charge in [0.25, 0.3) is 0 Å². The Morgan fingerprint density at radius 3 is 2.88 bits per heavy atom. The molecule has 3 aromatic heterocycles. The predicted molar refractivity (Wildman–Crippen MR) is 126 cm³/mol. The summed E-state index contributed by atoms with van der Waals surface area (Å²) in [5, 5.41) is 12.0. The average Bonchev–Trinajstić information content (AvgIpc) is 3.47. The minimum Gasteiger partial charge on any atom is -0.493 e. The van der Waals surface area contributed by atoms with Gasteiger partial charge in [-0.3, -0.25) is 19.4 Å². The third kappa shape index (κ3) is 4.71. The molecule has 0 saturated carbocycles. The first kappa shape index (κ1) is 21.7. The van der Waals surface area contributed by atoms with Crippen LogP contribution in [0.1, 0.15) is 18.5 Å². The monoisotopic (exact) mass is 467 g/mol. The normalized spacial score (nSPS) is 11.7. The molecule has 0 aliphatic carbocycles. The van der Waals surface area contributed by atoms with Crippen molar-refractivity contribution in [3.05, 3.63) is 70.6 Å². The van der Waals surface area contributed by atoms with E-state index in [9.17, 15) is 4.79 Å². The highest BCUT2D eigenvalue weighted by atomic mass is 32.1. The van der Waals surface area contributed by atoms with E-state index in [1.54, 1.807) is 49.2 Å². The number of pyridine rings is 1. The van der Waals surface area contributed by atoms with Gasteiger partial charge in [0, 0.05) is 29.7 Å². The van der Waals surface area contributed by atoms with E-state index in [0.29, 0.717) is 34.4 Å². The molecule has 3 heterocycles. The van der Waals surface area contributed by atoms with Crippen LogP contribution in [0.3, 0.4) is 0 Å². The molecule has 0 radical (unpaired) electrons. The first-order chi connectivity index (χ1) is 15.6. The van der Waals surface area contributed by atoms with Gasteiger partial charge in [-0.25, -0.2) is 0 Å². The smallest absolute Gasteiger partial charge is 0.247 e. The summed E-state index contributed by atoms with van der Waals surface area (Å²) in [5.74, 6) is 1.48. The Kier molecular flexibility index (Phi) is 6.62. The molecule has 0 bridgehead atoms. The van der Waals surface area contributed by atoms with Crippen LogP contribution in [0.4, 0.5) is 5.69 Å². The molecule has 8 nitrogen and oxygen atoms in total. The fraction of sp³-hybridized carbons (Fsp3) is 0.182. The number of carbonyl (C=O) groups excluding carboxylic acids is 1. The highest BCUT2D eigenvalue weighted by molar-refractivity contribution is 7.71. The third-order valence-electron chi connectivity index (χ3n) is 4.76. The van der Waals surface area contributed by atoms with Gasteiger partial charge in [-0.05, 0) is 48.8 Å². The van der Waals surface area contributed by atoms with Crippen molar-refractivity contribution < 1.29 is 14.3 Å². The SMILES string of the molecule is COc1ccc(NC(=O)C(C)n2c(-c3cccs3)n[nH]c2=S)cc1OCc1cccnc1. The average molecular weight is 468 g/mol. The van der Waals surface area contributed by atoms with Crippen molar-refractivity contribution in [1.82, 2.24) is 19.7 Å². The lowest BCUT2D eigenvalue weighted by Crippen LogP contribution is -2.24. The van der Waals surface area contributed by atoms with Gasteiger partial charge in [-0.2, -0.15) is 5.10 Å². The van der Waals surface area contributed by atoms with Crippen LogP contribution < -0.4 is 14.8 Å². The number of hydrogen-bond donors (Lipinski definition) is 2. The van der Waals surface area contributed by atoms with Gasteiger partial charge in [-0.1, -0.05) is 12.1 Å². The lowest BCUT2D eigenvalue weighted by molar-refractivity contribution is -0.118. The number of rotatable bonds is 8. The van der Waals surface area contributed by atoms with E-state index in [2.05, 4.69) is 20.5 Å². The lowest BCUT2D eigenvalue weighted by Gasteiger charge is -2.17. The number of thiophene rings is 1. The molecule has 1 unspecified atom stereocenters. The number of H-pyrrole nitrogens is 1. The van der Waals surface area contributed by atoms with Gasteiger partial charge in [0.05, 0.1) is 12.0 Å². The molecule has 32 heavy (non-hydrogen) atoms. The Morgan fingerprint density at radius 1 is 1.28 bits per heavy atom. The highest BCUT2D eigenvalue weighted by Gasteiger charge is 2.22. The standard InChI is InChI=1S/C22H21N5O3S2/c1-14(27-20(25-26-22(27)31)19-6-4-10-32-19)21(28)24-16-7-8-17(29-2)18(11-16)30-13-15-5-3-9-23-12-15/h3-12,14H,13H2,1-2H3,(H,24,28)(H,26,31). The molecular weight excluding hydrogens is 446 g/mol. The van der Waals surface area contributed by atoms with E-state index in [4.69, 9.17) is 21.7 Å². The van der Waals surface area contributed by atoms with E-state index in [0.717, 1.165) is 10.4 Å². The largest absolute Gasteiger partial charge is 0.493 e. The van der Waals surface area contributed by atoms with Gasteiger partial charge in [0.2, 0.25) is 5.91 Å². The van der Waals surface area contributed by atoms with Crippen LogP contribution in [0, 0.1) is 4.77 Å². The molecule has 0 aliphatic rings. The summed E-state index contributed by atoms with van der Waals surface area (Å²) in [6.45, 7) is 2.10. The predicted octanol–water partition coefficient (Wildman–Crippen LogP) is 4.85. The number of benzene rings is 1. The number of carbonyl (C=O) groups is 1. The molecule has 4 aromatic rings. The summed E-state index contributed by atoms with van der Waals surface area (Å²) in [6, 6.07) is 12.3. The number of methoxy groups -OCH3 is 1. The summed E-state index contributed by atoms with van der Waals surface area (Å²) in [7, 11) is 1.57. The van der Waals surface area contributed by atoms with Crippen LogP contribution in [-0.2, 0) is 11.4 Å². The maximum absolute atomic E-state index is 13.0. The van der Waals surface area contributed by atoms with Crippen molar-refractivity contribution >= 4 is 35.1 Å². The van der Waals surface area contributed by atoms with Gasteiger partial charge in [0.1, 0.15) is 12.6 Å². The first-order valence-electron chi connectivity index (χ1n) is 9.78. The second kappa shape index (κ2) is 9.75. The molecule has 2 N–H and O–H groups in total. The maximum atomic E-state index is 13.0. The molecular formula is C22H21N5O3S2. The molecule has 164 valence electrons. The Hall–Kier alpha value is -3.50. The van der Waals surface area contributed by atoms with E-state index in [1.807, 2.05) is 29.6 Å². The second-order valence-corrected chi connectivity index (χ2v) is 8.21. The Bertz CT molecular complexity index is 1250. The zero-order valence-electron chi connectivity index (χ0n) is 17.4. The number of amides is 1. The number of aromatic nitrogens is 4. The molecule has 0 saturated heterocycles. The summed E-state index contributed by atoms with van der Waals surface area (Å²) >= 11 is 6.90. The van der Waals surface area contributed by atoms with Crippen LogP contribution >= 0.6 is 23.6 Å². The molecule has 0 aliphatic heterocycles. The zero-order valence-corrected chi connectivity index (χ0v) is 19.1. The Balaban J connectivity index is 1.52. The van der Waals surface area contributed by atoms with Gasteiger partial charge in [-0.15, -0.1) is 11.3 Å². The van der Waals surface area contributed by atoms with Crippen molar-refractivity contribution in [3.63, 3.8) is 0 Å². The molecule has 1 aromatic carbocycles. The lowest BCUT2D eigenvalue weighted by atomic mass is 10.2. The van der Waals surface area contributed by atoms with Crippen LogP contribution in [0.2, 0.25) is 0 Å². The number of anilines is 1. The quantitative estimate of drug-likeness (QED) is 0.360. The first-order valence-corrected chi connectivity index (χ1v) is 11.1. The fourth-order valence-electron chi connectivity index (χ4n) is 3.12. The minimum absolute atomic E-state index is 0.233.